The number of anilines is 1. The number of hydrogen-bond acceptors (Lipinski definition) is 4. The van der Waals surface area contributed by atoms with Crippen molar-refractivity contribution in [3.63, 3.8) is 0 Å². The average Bonchev–Trinajstić information content (AvgIpc) is 2.61. The molecule has 138 valence electrons. The van der Waals surface area contributed by atoms with Crippen molar-refractivity contribution in [1.29, 1.82) is 0 Å². The molecule has 0 fully saturated rings. The topological polar surface area (TPSA) is 67.4 Å². The van der Waals surface area contributed by atoms with Crippen LogP contribution in [0.25, 0.3) is 0 Å². The first-order valence-electron chi connectivity index (χ1n) is 8.49. The van der Waals surface area contributed by atoms with Gasteiger partial charge in [-0.25, -0.2) is 0 Å². The van der Waals surface area contributed by atoms with Gasteiger partial charge in [0.15, 0.2) is 6.61 Å². The number of ether oxygens (including phenoxy) is 1. The molecule has 6 heteroatoms. The Morgan fingerprint density at radius 3 is 2.65 bits per heavy atom. The van der Waals surface area contributed by atoms with Gasteiger partial charge in [0, 0.05) is 24.1 Å². The lowest BCUT2D eigenvalue weighted by atomic mass is 10.2. The first-order valence-corrected chi connectivity index (χ1v) is 9.65. The molecule has 0 radical (unpaired) electrons. The van der Waals surface area contributed by atoms with Gasteiger partial charge in [-0.05, 0) is 31.5 Å². The molecule has 0 aliphatic carbocycles. The lowest BCUT2D eigenvalue weighted by Gasteiger charge is -2.09. The molecule has 0 atom stereocenters. The Hall–Kier alpha value is -2.47. The molecular formula is C20H24N2O3S. The second kappa shape index (κ2) is 10.5. The summed E-state index contributed by atoms with van der Waals surface area (Å²) in [5.74, 6) is 1.47. The van der Waals surface area contributed by atoms with E-state index >= 15 is 0 Å². The predicted octanol–water partition coefficient (Wildman–Crippen LogP) is 3.38. The summed E-state index contributed by atoms with van der Waals surface area (Å²) in [6.07, 6.45) is 0. The molecule has 0 saturated carbocycles. The van der Waals surface area contributed by atoms with Crippen molar-refractivity contribution >= 4 is 29.3 Å². The number of likely N-dealkylation sites (N-methyl/N-ethyl adjacent to an activating group) is 1. The standard InChI is InChI=1S/C20H24N2O3S/c1-3-21-19(23)12-25-18-9-5-8-17(11-18)22-20(24)14-26-13-16-7-4-6-15(2)10-16/h4-11H,3,12-14H2,1-2H3,(H,21,23)(H,22,24). The summed E-state index contributed by atoms with van der Waals surface area (Å²) < 4.78 is 5.42. The van der Waals surface area contributed by atoms with Crippen LogP contribution in [0, 0.1) is 6.92 Å². The molecule has 2 N–H and O–H groups in total. The third-order valence-corrected chi connectivity index (χ3v) is 4.45. The SMILES string of the molecule is CCNC(=O)COc1cccc(NC(=O)CSCc2cccc(C)c2)c1. The fourth-order valence-electron chi connectivity index (χ4n) is 2.32. The van der Waals surface area contributed by atoms with Crippen LogP contribution in [0.15, 0.2) is 48.5 Å². The molecule has 0 bridgehead atoms. The maximum Gasteiger partial charge on any atom is 0.257 e. The molecule has 2 aromatic rings. The van der Waals surface area contributed by atoms with Crippen molar-refractivity contribution < 1.29 is 14.3 Å². The Labute approximate surface area is 158 Å². The van der Waals surface area contributed by atoms with Crippen LogP contribution in [0.5, 0.6) is 5.75 Å². The van der Waals surface area contributed by atoms with E-state index in [0.29, 0.717) is 23.7 Å². The predicted molar refractivity (Wildman–Crippen MR) is 107 cm³/mol. The number of amides is 2. The van der Waals surface area contributed by atoms with Crippen molar-refractivity contribution in [1.82, 2.24) is 5.32 Å². The highest BCUT2D eigenvalue weighted by Crippen LogP contribution is 2.18. The molecule has 5 nitrogen and oxygen atoms in total. The Kier molecular flexibility index (Phi) is 8.02. The summed E-state index contributed by atoms with van der Waals surface area (Å²) in [7, 11) is 0. The number of benzene rings is 2. The molecule has 0 unspecified atom stereocenters. The summed E-state index contributed by atoms with van der Waals surface area (Å²) in [6, 6.07) is 15.3. The van der Waals surface area contributed by atoms with Gasteiger partial charge < -0.3 is 15.4 Å². The van der Waals surface area contributed by atoms with Crippen molar-refractivity contribution in [2.45, 2.75) is 19.6 Å². The first kappa shape index (κ1) is 19.8. The molecule has 2 aromatic carbocycles. The lowest BCUT2D eigenvalue weighted by Crippen LogP contribution is -2.28. The van der Waals surface area contributed by atoms with Gasteiger partial charge in [0.2, 0.25) is 5.91 Å². The van der Waals surface area contributed by atoms with Gasteiger partial charge in [-0.2, -0.15) is 0 Å². The smallest absolute Gasteiger partial charge is 0.257 e. The molecule has 2 rings (SSSR count). The molecule has 0 aliphatic rings. The minimum atomic E-state index is -0.172. The molecule has 26 heavy (non-hydrogen) atoms. The lowest BCUT2D eigenvalue weighted by molar-refractivity contribution is -0.123. The van der Waals surface area contributed by atoms with Crippen LogP contribution in [0.4, 0.5) is 5.69 Å². The van der Waals surface area contributed by atoms with Gasteiger partial charge in [-0.1, -0.05) is 35.9 Å². The number of rotatable bonds is 9. The number of aryl methyl sites for hydroxylation is 1. The van der Waals surface area contributed by atoms with Gasteiger partial charge in [-0.3, -0.25) is 9.59 Å². The summed E-state index contributed by atoms with van der Waals surface area (Å²) in [4.78, 5) is 23.5. The second-order valence-corrected chi connectivity index (χ2v) is 6.79. The van der Waals surface area contributed by atoms with Gasteiger partial charge in [0.05, 0.1) is 5.75 Å². The van der Waals surface area contributed by atoms with Gasteiger partial charge in [-0.15, -0.1) is 11.8 Å². The summed E-state index contributed by atoms with van der Waals surface area (Å²) in [5, 5.41) is 5.52. The molecule has 0 spiro atoms. The van der Waals surface area contributed by atoms with Crippen LogP contribution < -0.4 is 15.4 Å². The minimum absolute atomic E-state index is 0.0441. The number of carbonyl (C=O) groups excluding carboxylic acids is 2. The Bertz CT molecular complexity index is 749. The highest BCUT2D eigenvalue weighted by Gasteiger charge is 2.06. The quantitative estimate of drug-likeness (QED) is 0.708. The van der Waals surface area contributed by atoms with Crippen LogP contribution in [0.2, 0.25) is 0 Å². The van der Waals surface area contributed by atoms with Gasteiger partial charge in [0.1, 0.15) is 5.75 Å². The highest BCUT2D eigenvalue weighted by atomic mass is 32.2. The maximum absolute atomic E-state index is 12.1. The van der Waals surface area contributed by atoms with E-state index < -0.39 is 0 Å². The Morgan fingerprint density at radius 1 is 1.08 bits per heavy atom. The Balaban J connectivity index is 1.77. The molecule has 2 amide bonds. The summed E-state index contributed by atoms with van der Waals surface area (Å²) in [6.45, 7) is 4.43. The zero-order valence-electron chi connectivity index (χ0n) is 15.1. The largest absolute Gasteiger partial charge is 0.484 e. The zero-order valence-corrected chi connectivity index (χ0v) is 15.9. The summed E-state index contributed by atoms with van der Waals surface area (Å²) in [5.41, 5.74) is 3.08. The van der Waals surface area contributed by atoms with E-state index in [1.807, 2.05) is 13.0 Å². The van der Waals surface area contributed by atoms with Crippen molar-refractivity contribution in [2.75, 3.05) is 24.2 Å². The second-order valence-electron chi connectivity index (χ2n) is 5.80. The molecule has 0 heterocycles. The zero-order chi connectivity index (χ0) is 18.8. The van der Waals surface area contributed by atoms with E-state index in [1.165, 1.54) is 11.1 Å². The van der Waals surface area contributed by atoms with E-state index in [9.17, 15) is 9.59 Å². The van der Waals surface area contributed by atoms with Crippen molar-refractivity contribution in [3.8, 4) is 5.75 Å². The number of thioether (sulfide) groups is 1. The summed E-state index contributed by atoms with van der Waals surface area (Å²) >= 11 is 1.57. The van der Waals surface area contributed by atoms with E-state index in [2.05, 4.69) is 35.8 Å². The van der Waals surface area contributed by atoms with Crippen molar-refractivity contribution in [2.24, 2.45) is 0 Å². The first-order chi connectivity index (χ1) is 12.6. The fourth-order valence-corrected chi connectivity index (χ4v) is 3.10. The number of hydrogen-bond donors (Lipinski definition) is 2. The third-order valence-electron chi connectivity index (χ3n) is 3.45. The van der Waals surface area contributed by atoms with E-state index in [1.54, 1.807) is 36.0 Å². The third kappa shape index (κ3) is 7.19. The monoisotopic (exact) mass is 372 g/mol. The van der Waals surface area contributed by atoms with Crippen LogP contribution >= 0.6 is 11.8 Å². The molecule has 0 aromatic heterocycles. The average molecular weight is 372 g/mol. The van der Waals surface area contributed by atoms with Crippen molar-refractivity contribution in [3.05, 3.63) is 59.7 Å². The minimum Gasteiger partial charge on any atom is -0.484 e. The van der Waals surface area contributed by atoms with Crippen LogP contribution in [-0.2, 0) is 15.3 Å². The fraction of sp³-hybridized carbons (Fsp3) is 0.300. The van der Waals surface area contributed by atoms with Crippen LogP contribution in [-0.4, -0.2) is 30.7 Å². The highest BCUT2D eigenvalue weighted by molar-refractivity contribution is 7.99. The van der Waals surface area contributed by atoms with Gasteiger partial charge >= 0.3 is 0 Å². The van der Waals surface area contributed by atoms with Crippen LogP contribution in [0.3, 0.4) is 0 Å². The molecule has 0 aliphatic heterocycles. The number of nitrogens with one attached hydrogen (secondary N) is 2. The Morgan fingerprint density at radius 2 is 1.88 bits per heavy atom. The normalized spacial score (nSPS) is 10.2. The molecular weight excluding hydrogens is 348 g/mol. The molecule has 0 saturated heterocycles. The van der Waals surface area contributed by atoms with E-state index in [4.69, 9.17) is 4.74 Å². The number of carbonyl (C=O) groups is 2. The maximum atomic E-state index is 12.1. The van der Waals surface area contributed by atoms with Gasteiger partial charge in [0.25, 0.3) is 5.91 Å². The van der Waals surface area contributed by atoms with E-state index in [-0.39, 0.29) is 18.4 Å². The van der Waals surface area contributed by atoms with E-state index in [0.717, 1.165) is 5.75 Å². The van der Waals surface area contributed by atoms with Crippen LogP contribution in [0.1, 0.15) is 18.1 Å².